The van der Waals surface area contributed by atoms with Crippen LogP contribution in [0.3, 0.4) is 0 Å². The van der Waals surface area contributed by atoms with Crippen LogP contribution in [0.15, 0.2) is 133 Å². The first-order chi connectivity index (χ1) is 25.3. The maximum Gasteiger partial charge on any atom is 0.315 e. The van der Waals surface area contributed by atoms with E-state index in [-0.39, 0.29) is 36.8 Å². The van der Waals surface area contributed by atoms with Crippen LogP contribution >= 0.6 is 0 Å². The van der Waals surface area contributed by atoms with Crippen molar-refractivity contribution in [2.24, 2.45) is 5.92 Å². The Kier molecular flexibility index (Phi) is 12.5. The number of likely N-dealkylation sites (N-methyl/N-ethyl adjacent to an activating group) is 1. The van der Waals surface area contributed by atoms with Crippen molar-refractivity contribution < 1.29 is 24.5 Å². The lowest BCUT2D eigenvalue weighted by Crippen LogP contribution is -2.46. The molecule has 0 bridgehead atoms. The summed E-state index contributed by atoms with van der Waals surface area (Å²) in [7, 11) is 2.02. The van der Waals surface area contributed by atoms with E-state index in [2.05, 4.69) is 40.7 Å². The zero-order valence-corrected chi connectivity index (χ0v) is 30.1. The Morgan fingerprint density at radius 3 is 2.06 bits per heavy atom. The number of carbonyl (C=O) groups is 1. The second kappa shape index (κ2) is 17.6. The largest absolute Gasteiger partial charge is 0.392 e. The molecular formula is C44H49N3O5. The fraction of sp³-hybridized carbons (Fsp3) is 0.295. The number of aliphatic hydroxyl groups excluding tert-OH is 2. The van der Waals surface area contributed by atoms with Gasteiger partial charge in [-0.3, -0.25) is 4.90 Å². The summed E-state index contributed by atoms with van der Waals surface area (Å²) in [5.74, 6) is 0.00304. The van der Waals surface area contributed by atoms with Gasteiger partial charge < -0.3 is 30.3 Å². The zero-order valence-electron chi connectivity index (χ0n) is 30.1. The topological polar surface area (TPSA) is 103 Å². The van der Waals surface area contributed by atoms with Gasteiger partial charge in [0.05, 0.1) is 24.9 Å². The van der Waals surface area contributed by atoms with Gasteiger partial charge in [0.25, 0.3) is 0 Å². The molecule has 270 valence electrons. The molecule has 5 aromatic carbocycles. The Bertz CT molecular complexity index is 1850. The lowest BCUT2D eigenvalue weighted by Gasteiger charge is -2.43. The van der Waals surface area contributed by atoms with Crippen molar-refractivity contribution in [3.8, 4) is 11.1 Å². The van der Waals surface area contributed by atoms with Crippen LogP contribution in [0.4, 0.5) is 4.79 Å². The van der Waals surface area contributed by atoms with E-state index < -0.39 is 12.4 Å². The lowest BCUT2D eigenvalue weighted by atomic mass is 9.89. The minimum Gasteiger partial charge on any atom is -0.392 e. The number of hydrogen-bond acceptors (Lipinski definition) is 6. The molecule has 1 aliphatic rings. The predicted octanol–water partition coefficient (Wildman–Crippen LogP) is 7.69. The van der Waals surface area contributed by atoms with Crippen molar-refractivity contribution in [2.75, 3.05) is 13.6 Å². The second-order valence-corrected chi connectivity index (χ2v) is 13.7. The molecule has 0 aliphatic carbocycles. The Morgan fingerprint density at radius 1 is 0.750 bits per heavy atom. The molecule has 0 saturated carbocycles. The average Bonchev–Trinajstić information content (AvgIpc) is 3.20. The maximum absolute atomic E-state index is 12.6. The number of nitrogens with zero attached hydrogens (tertiary/aromatic N) is 1. The standard InChI is InChI=1S/C44H49N3O5/c1-30-40(28-47(3)31(2)41(49)35-14-8-5-9-15-35)51-43(52-42(30)36-20-18-33(29-48)19-21-36)37-24-22-34(23-25-37)39-17-11-10-16-38(39)27-46-44(50)45-26-32-12-6-4-7-13-32/h4-25,30-31,40-43,48-49H,26-29H2,1-3H3,(H2,45,46,50)/t30-,31-,40+,41-,42+,43+/m1/s1. The van der Waals surface area contributed by atoms with Crippen molar-refractivity contribution in [1.29, 1.82) is 0 Å². The van der Waals surface area contributed by atoms with Gasteiger partial charge >= 0.3 is 6.03 Å². The average molecular weight is 700 g/mol. The van der Waals surface area contributed by atoms with Gasteiger partial charge in [0, 0.05) is 37.2 Å². The van der Waals surface area contributed by atoms with E-state index in [1.54, 1.807) is 0 Å². The van der Waals surface area contributed by atoms with E-state index in [0.717, 1.165) is 44.5 Å². The number of amides is 2. The normalized spacial score (nSPS) is 19.9. The van der Waals surface area contributed by atoms with E-state index in [0.29, 0.717) is 19.6 Å². The third-order valence-electron chi connectivity index (χ3n) is 10.1. The molecule has 5 aromatic rings. The van der Waals surface area contributed by atoms with Gasteiger partial charge in [0.1, 0.15) is 0 Å². The van der Waals surface area contributed by atoms with Crippen molar-refractivity contribution in [2.45, 2.75) is 64.2 Å². The molecule has 6 atom stereocenters. The summed E-state index contributed by atoms with van der Waals surface area (Å²) in [5, 5.41) is 26.7. The molecule has 8 heteroatoms. The molecule has 4 N–H and O–H groups in total. The molecule has 0 spiro atoms. The summed E-state index contributed by atoms with van der Waals surface area (Å²) in [5.41, 5.74) is 7.74. The highest BCUT2D eigenvalue weighted by Gasteiger charge is 2.39. The summed E-state index contributed by atoms with van der Waals surface area (Å²) in [4.78, 5) is 14.7. The highest BCUT2D eigenvalue weighted by Crippen LogP contribution is 2.42. The van der Waals surface area contributed by atoms with Crippen LogP contribution < -0.4 is 10.6 Å². The lowest BCUT2D eigenvalue weighted by molar-refractivity contribution is -0.276. The van der Waals surface area contributed by atoms with Crippen LogP contribution in [-0.2, 0) is 29.2 Å². The minimum atomic E-state index is -0.645. The third-order valence-corrected chi connectivity index (χ3v) is 10.1. The van der Waals surface area contributed by atoms with Gasteiger partial charge in [-0.05, 0) is 52.9 Å². The number of hydrogen-bond donors (Lipinski definition) is 4. The summed E-state index contributed by atoms with van der Waals surface area (Å²) in [6, 6.07) is 43.4. The molecule has 1 heterocycles. The van der Waals surface area contributed by atoms with E-state index in [1.807, 2.05) is 129 Å². The Balaban J connectivity index is 1.17. The van der Waals surface area contributed by atoms with Crippen molar-refractivity contribution in [1.82, 2.24) is 15.5 Å². The number of ether oxygens (including phenoxy) is 2. The number of benzene rings is 5. The van der Waals surface area contributed by atoms with Crippen molar-refractivity contribution >= 4 is 6.03 Å². The van der Waals surface area contributed by atoms with Crippen LogP contribution in [0.2, 0.25) is 0 Å². The van der Waals surface area contributed by atoms with E-state index in [9.17, 15) is 15.0 Å². The number of aliphatic hydroxyl groups is 2. The van der Waals surface area contributed by atoms with E-state index in [1.165, 1.54) is 0 Å². The second-order valence-electron chi connectivity index (χ2n) is 13.7. The van der Waals surface area contributed by atoms with Crippen molar-refractivity contribution in [3.63, 3.8) is 0 Å². The molecule has 0 unspecified atom stereocenters. The molecular weight excluding hydrogens is 651 g/mol. The first-order valence-corrected chi connectivity index (χ1v) is 18.0. The first-order valence-electron chi connectivity index (χ1n) is 18.0. The Morgan fingerprint density at radius 2 is 1.37 bits per heavy atom. The van der Waals surface area contributed by atoms with E-state index >= 15 is 0 Å². The fourth-order valence-corrected chi connectivity index (χ4v) is 6.74. The van der Waals surface area contributed by atoms with Gasteiger partial charge in [-0.25, -0.2) is 4.79 Å². The number of carbonyl (C=O) groups excluding carboxylic acids is 1. The molecule has 1 fully saturated rings. The maximum atomic E-state index is 12.6. The molecule has 6 rings (SSSR count). The highest BCUT2D eigenvalue weighted by molar-refractivity contribution is 5.75. The van der Waals surface area contributed by atoms with Crippen LogP contribution in [0, 0.1) is 5.92 Å². The Hall–Kier alpha value is -4.83. The molecule has 52 heavy (non-hydrogen) atoms. The van der Waals surface area contributed by atoms with Crippen LogP contribution in [0.5, 0.6) is 0 Å². The number of rotatable bonds is 13. The summed E-state index contributed by atoms with van der Waals surface area (Å²) in [6.07, 6.45) is -1.71. The summed E-state index contributed by atoms with van der Waals surface area (Å²) < 4.78 is 13.5. The highest BCUT2D eigenvalue weighted by atomic mass is 16.7. The van der Waals surface area contributed by atoms with Gasteiger partial charge in [-0.1, -0.05) is 140 Å². The van der Waals surface area contributed by atoms with E-state index in [4.69, 9.17) is 9.47 Å². The van der Waals surface area contributed by atoms with Gasteiger partial charge in [-0.15, -0.1) is 0 Å². The number of urea groups is 1. The molecule has 1 saturated heterocycles. The zero-order chi connectivity index (χ0) is 36.5. The minimum absolute atomic E-state index is 0.00304. The molecule has 0 radical (unpaired) electrons. The predicted molar refractivity (Wildman–Crippen MR) is 204 cm³/mol. The monoisotopic (exact) mass is 699 g/mol. The van der Waals surface area contributed by atoms with Gasteiger partial charge in [0.2, 0.25) is 0 Å². The van der Waals surface area contributed by atoms with Gasteiger partial charge in [-0.2, -0.15) is 0 Å². The Labute approximate surface area is 307 Å². The SMILES string of the molecule is C[C@@H]1[C@H](CN(C)[C@H](C)[C@@H](O)c2ccccc2)O[C@H](c2ccc(-c3ccccc3CNC(=O)NCc3ccccc3)cc2)O[C@@H]1c1ccc(CO)cc1. The first kappa shape index (κ1) is 36.9. The molecule has 1 aliphatic heterocycles. The summed E-state index contributed by atoms with van der Waals surface area (Å²) in [6.45, 7) is 5.60. The van der Waals surface area contributed by atoms with Crippen LogP contribution in [0.1, 0.15) is 65.7 Å². The van der Waals surface area contributed by atoms with Gasteiger partial charge in [0.15, 0.2) is 6.29 Å². The summed E-state index contributed by atoms with van der Waals surface area (Å²) >= 11 is 0. The molecule has 8 nitrogen and oxygen atoms in total. The van der Waals surface area contributed by atoms with Crippen LogP contribution in [-0.4, -0.2) is 46.9 Å². The molecule has 0 aromatic heterocycles. The van der Waals surface area contributed by atoms with Crippen molar-refractivity contribution in [3.05, 3.63) is 167 Å². The smallest absolute Gasteiger partial charge is 0.315 e. The fourth-order valence-electron chi connectivity index (χ4n) is 6.74. The number of nitrogens with one attached hydrogen (secondary N) is 2. The van der Waals surface area contributed by atoms with Crippen LogP contribution in [0.25, 0.3) is 11.1 Å². The molecule has 2 amide bonds. The third kappa shape index (κ3) is 9.14. The quantitative estimate of drug-likeness (QED) is 0.101.